The van der Waals surface area contributed by atoms with E-state index in [0.717, 1.165) is 39.4 Å². The van der Waals surface area contributed by atoms with E-state index in [1.54, 1.807) is 0 Å². The first-order valence-corrected chi connectivity index (χ1v) is 18.7. The SMILES string of the molecule is c1ccc(-c2ccc(N(c3ccc(-c4ccc(-c5cccc6c5sc5ccccc56)cc4)cc3)c3ccc(-c4cc5ccccc5o4)cc3)cc2)cc1. The third-order valence-electron chi connectivity index (χ3n) is 10.1. The Bertz CT molecular complexity index is 2820. The maximum absolute atomic E-state index is 6.18. The Morgan fingerprint density at radius 2 is 0.887 bits per heavy atom. The molecule has 0 fully saturated rings. The lowest BCUT2D eigenvalue weighted by Crippen LogP contribution is -2.09. The molecule has 2 heterocycles. The fraction of sp³-hybridized carbons (Fsp3) is 0. The van der Waals surface area contributed by atoms with Crippen LogP contribution in [0, 0.1) is 0 Å². The zero-order valence-electron chi connectivity index (χ0n) is 28.8. The van der Waals surface area contributed by atoms with Crippen LogP contribution in [0.15, 0.2) is 205 Å². The van der Waals surface area contributed by atoms with Crippen molar-refractivity contribution >= 4 is 59.5 Å². The van der Waals surface area contributed by atoms with Gasteiger partial charge in [0.15, 0.2) is 0 Å². The number of nitrogens with zero attached hydrogens (tertiary/aromatic N) is 1. The number of thiophene rings is 1. The maximum Gasteiger partial charge on any atom is 0.135 e. The van der Waals surface area contributed by atoms with Gasteiger partial charge in [0, 0.05) is 48.2 Å². The van der Waals surface area contributed by atoms with E-state index in [-0.39, 0.29) is 0 Å². The molecule has 2 nitrogen and oxygen atoms in total. The van der Waals surface area contributed by atoms with Crippen molar-refractivity contribution in [2.45, 2.75) is 0 Å². The molecular formula is C50H33NOS. The molecule has 3 heteroatoms. The number of para-hydroxylation sites is 1. The highest BCUT2D eigenvalue weighted by molar-refractivity contribution is 7.26. The number of benzene rings is 8. The number of hydrogen-bond donors (Lipinski definition) is 0. The molecule has 0 unspecified atom stereocenters. The molecule has 2 aromatic heterocycles. The third-order valence-corrected chi connectivity index (χ3v) is 11.3. The Morgan fingerprint density at radius 3 is 1.55 bits per heavy atom. The van der Waals surface area contributed by atoms with Gasteiger partial charge >= 0.3 is 0 Å². The summed E-state index contributed by atoms with van der Waals surface area (Å²) in [5.41, 5.74) is 12.5. The van der Waals surface area contributed by atoms with Crippen LogP contribution in [0.2, 0.25) is 0 Å². The molecule has 0 aliphatic rings. The molecule has 0 atom stereocenters. The largest absolute Gasteiger partial charge is 0.456 e. The summed E-state index contributed by atoms with van der Waals surface area (Å²) in [6.45, 7) is 0. The number of anilines is 3. The minimum absolute atomic E-state index is 0.868. The van der Waals surface area contributed by atoms with Crippen LogP contribution in [-0.4, -0.2) is 0 Å². The second-order valence-corrected chi connectivity index (χ2v) is 14.4. The van der Waals surface area contributed by atoms with Crippen molar-refractivity contribution in [3.05, 3.63) is 200 Å². The Labute approximate surface area is 312 Å². The van der Waals surface area contributed by atoms with Crippen molar-refractivity contribution in [3.8, 4) is 44.7 Å². The van der Waals surface area contributed by atoms with Crippen molar-refractivity contribution in [1.82, 2.24) is 0 Å². The standard InChI is InChI=1S/C50H33NOS/c1-2-9-34(10-3-1)36-21-27-41(28-22-36)51(43-31-25-39(26-32-43)48-33-40-11-4-6-15-47(40)52-48)42-29-23-37(24-30-42)35-17-19-38(20-18-35)44-13-8-14-46-45-12-5-7-16-49(45)53-50(44)46/h1-33H. The molecule has 0 N–H and O–H groups in total. The molecule has 0 amide bonds. The van der Waals surface area contributed by atoms with Gasteiger partial charge in [-0.1, -0.05) is 133 Å². The molecule has 0 saturated heterocycles. The summed E-state index contributed by atoms with van der Waals surface area (Å²) < 4.78 is 8.85. The smallest absolute Gasteiger partial charge is 0.135 e. The van der Waals surface area contributed by atoms with Crippen molar-refractivity contribution in [2.75, 3.05) is 4.90 Å². The van der Waals surface area contributed by atoms with Gasteiger partial charge in [0.2, 0.25) is 0 Å². The van der Waals surface area contributed by atoms with Gasteiger partial charge in [-0.05, 0) is 100 Å². The molecule has 0 radical (unpaired) electrons. The minimum atomic E-state index is 0.868. The number of rotatable bonds is 7. The molecule has 0 aliphatic heterocycles. The van der Waals surface area contributed by atoms with Crippen LogP contribution in [0.25, 0.3) is 75.8 Å². The molecule has 0 spiro atoms. The average Bonchev–Trinajstić information content (AvgIpc) is 3.85. The van der Waals surface area contributed by atoms with Crippen LogP contribution in [0.4, 0.5) is 17.1 Å². The summed E-state index contributed by atoms with van der Waals surface area (Å²) in [7, 11) is 0. The van der Waals surface area contributed by atoms with Crippen LogP contribution in [-0.2, 0) is 0 Å². The van der Waals surface area contributed by atoms with E-state index in [2.05, 4.69) is 187 Å². The number of hydrogen-bond acceptors (Lipinski definition) is 3. The molecule has 10 aromatic rings. The van der Waals surface area contributed by atoms with E-state index in [0.29, 0.717) is 0 Å². The van der Waals surface area contributed by atoms with E-state index >= 15 is 0 Å². The number of furan rings is 1. The number of fused-ring (bicyclic) bond motifs is 4. The van der Waals surface area contributed by atoms with E-state index in [1.165, 1.54) is 53.6 Å². The maximum atomic E-state index is 6.18. The summed E-state index contributed by atoms with van der Waals surface area (Å²) in [5, 5.41) is 3.76. The highest BCUT2D eigenvalue weighted by atomic mass is 32.1. The molecular weight excluding hydrogens is 663 g/mol. The van der Waals surface area contributed by atoms with Gasteiger partial charge in [-0.3, -0.25) is 0 Å². The van der Waals surface area contributed by atoms with Crippen molar-refractivity contribution in [2.24, 2.45) is 0 Å². The normalized spacial score (nSPS) is 11.4. The van der Waals surface area contributed by atoms with Crippen molar-refractivity contribution in [1.29, 1.82) is 0 Å². The van der Waals surface area contributed by atoms with Gasteiger partial charge in [-0.2, -0.15) is 0 Å². The summed E-state index contributed by atoms with van der Waals surface area (Å²) in [4.78, 5) is 2.32. The highest BCUT2D eigenvalue weighted by Crippen LogP contribution is 2.41. The molecule has 0 saturated carbocycles. The summed E-state index contributed by atoms with van der Waals surface area (Å²) in [6.07, 6.45) is 0. The molecule has 10 rings (SSSR count). The second kappa shape index (κ2) is 13.1. The van der Waals surface area contributed by atoms with Crippen LogP contribution in [0.1, 0.15) is 0 Å². The van der Waals surface area contributed by atoms with Crippen molar-refractivity contribution < 1.29 is 4.42 Å². The molecule has 0 bridgehead atoms. The molecule has 53 heavy (non-hydrogen) atoms. The van der Waals surface area contributed by atoms with Crippen LogP contribution < -0.4 is 4.90 Å². The van der Waals surface area contributed by atoms with Crippen LogP contribution in [0.3, 0.4) is 0 Å². The van der Waals surface area contributed by atoms with Crippen molar-refractivity contribution in [3.63, 3.8) is 0 Å². The van der Waals surface area contributed by atoms with E-state index in [4.69, 9.17) is 4.42 Å². The lowest BCUT2D eigenvalue weighted by Gasteiger charge is -2.26. The van der Waals surface area contributed by atoms with E-state index < -0.39 is 0 Å². The second-order valence-electron chi connectivity index (χ2n) is 13.3. The van der Waals surface area contributed by atoms with Gasteiger partial charge in [0.1, 0.15) is 11.3 Å². The van der Waals surface area contributed by atoms with Gasteiger partial charge < -0.3 is 9.32 Å². The quantitative estimate of drug-likeness (QED) is 0.165. The Morgan fingerprint density at radius 1 is 0.377 bits per heavy atom. The van der Waals surface area contributed by atoms with Gasteiger partial charge in [-0.25, -0.2) is 0 Å². The lowest BCUT2D eigenvalue weighted by atomic mass is 9.99. The topological polar surface area (TPSA) is 16.4 Å². The fourth-order valence-electron chi connectivity index (χ4n) is 7.40. The molecule has 250 valence electrons. The predicted molar refractivity (Wildman–Crippen MR) is 226 cm³/mol. The van der Waals surface area contributed by atoms with Gasteiger partial charge in [-0.15, -0.1) is 11.3 Å². The summed E-state index contributed by atoms with van der Waals surface area (Å²) >= 11 is 1.87. The zero-order chi connectivity index (χ0) is 35.1. The molecule has 0 aliphatic carbocycles. The van der Waals surface area contributed by atoms with Gasteiger partial charge in [0.25, 0.3) is 0 Å². The van der Waals surface area contributed by atoms with Gasteiger partial charge in [0.05, 0.1) is 0 Å². The summed E-state index contributed by atoms with van der Waals surface area (Å²) in [5.74, 6) is 0.868. The fourth-order valence-corrected chi connectivity index (χ4v) is 8.64. The zero-order valence-corrected chi connectivity index (χ0v) is 29.6. The molecule has 8 aromatic carbocycles. The lowest BCUT2D eigenvalue weighted by molar-refractivity contribution is 0.631. The average molecular weight is 696 g/mol. The van der Waals surface area contributed by atoms with E-state index in [9.17, 15) is 0 Å². The first-order chi connectivity index (χ1) is 26.2. The minimum Gasteiger partial charge on any atom is -0.456 e. The first-order valence-electron chi connectivity index (χ1n) is 17.9. The van der Waals surface area contributed by atoms with Crippen LogP contribution >= 0.6 is 11.3 Å². The Balaban J connectivity index is 0.977. The Kier molecular flexibility index (Phi) is 7.71. The summed E-state index contributed by atoms with van der Waals surface area (Å²) in [6, 6.07) is 71.5. The monoisotopic (exact) mass is 695 g/mol. The third kappa shape index (κ3) is 5.78. The highest BCUT2D eigenvalue weighted by Gasteiger charge is 2.15. The first kappa shape index (κ1) is 31.1. The van der Waals surface area contributed by atoms with E-state index in [1.807, 2.05) is 29.5 Å². The predicted octanol–water partition coefficient (Wildman–Crippen LogP) is 14.9. The van der Waals surface area contributed by atoms with Crippen LogP contribution in [0.5, 0.6) is 0 Å². The Hall–Kier alpha value is -6.68.